The maximum absolute atomic E-state index is 11.8. The number of phenols is 1. The first-order chi connectivity index (χ1) is 11.3. The van der Waals surface area contributed by atoms with E-state index >= 15 is 0 Å². The molecular weight excluding hydrogens is 312 g/mol. The smallest absolute Gasteiger partial charge is 0.342 e. The Labute approximate surface area is 140 Å². The van der Waals surface area contributed by atoms with Gasteiger partial charge in [-0.2, -0.15) is 0 Å². The second-order valence-electron chi connectivity index (χ2n) is 6.11. The molecule has 24 heavy (non-hydrogen) atoms. The molecule has 2 rings (SSSR count). The van der Waals surface area contributed by atoms with E-state index in [0.29, 0.717) is 29.7 Å². The second-order valence-corrected chi connectivity index (χ2v) is 6.11. The van der Waals surface area contributed by atoms with Crippen molar-refractivity contribution >= 4 is 11.9 Å². The van der Waals surface area contributed by atoms with E-state index in [9.17, 15) is 14.7 Å². The van der Waals surface area contributed by atoms with Gasteiger partial charge in [-0.3, -0.25) is 4.79 Å². The van der Waals surface area contributed by atoms with Gasteiger partial charge in [0.25, 0.3) is 0 Å². The second kappa shape index (κ2) is 6.95. The fraction of sp³-hybridized carbons (Fsp3) is 0.444. The van der Waals surface area contributed by atoms with E-state index in [4.69, 9.17) is 14.6 Å². The zero-order chi connectivity index (χ0) is 18.0. The third-order valence-electron chi connectivity index (χ3n) is 4.35. The van der Waals surface area contributed by atoms with Crippen molar-refractivity contribution in [3.63, 3.8) is 0 Å². The number of methoxy groups -OCH3 is 1. The number of carbonyl (C=O) groups is 2. The van der Waals surface area contributed by atoms with Crippen molar-refractivity contribution in [2.75, 3.05) is 7.11 Å². The van der Waals surface area contributed by atoms with Crippen LogP contribution in [0.1, 0.15) is 47.3 Å². The first kappa shape index (κ1) is 17.8. The molecule has 0 fully saturated rings. The molecule has 0 saturated carbocycles. The summed E-state index contributed by atoms with van der Waals surface area (Å²) in [6.07, 6.45) is 2.61. The summed E-state index contributed by atoms with van der Waals surface area (Å²) in [7, 11) is 1.51. The van der Waals surface area contributed by atoms with Gasteiger partial charge in [0.05, 0.1) is 13.0 Å². The molecule has 0 spiro atoms. The zero-order valence-corrected chi connectivity index (χ0v) is 14.3. The molecule has 1 aliphatic heterocycles. The summed E-state index contributed by atoms with van der Waals surface area (Å²) >= 11 is 0. The summed E-state index contributed by atoms with van der Waals surface area (Å²) in [6, 6.07) is 0. The minimum absolute atomic E-state index is 0.120. The van der Waals surface area contributed by atoms with E-state index in [1.165, 1.54) is 7.11 Å². The molecule has 1 aromatic carbocycles. The van der Waals surface area contributed by atoms with Crippen LogP contribution in [-0.4, -0.2) is 29.3 Å². The highest BCUT2D eigenvalue weighted by atomic mass is 16.5. The Morgan fingerprint density at radius 3 is 2.71 bits per heavy atom. The molecule has 0 amide bonds. The lowest BCUT2D eigenvalue weighted by Gasteiger charge is -2.16. The maximum atomic E-state index is 11.8. The van der Waals surface area contributed by atoms with E-state index in [0.717, 1.165) is 11.1 Å². The number of carboxylic acid groups (broad SMARTS) is 1. The van der Waals surface area contributed by atoms with Crippen LogP contribution in [0.15, 0.2) is 11.6 Å². The number of phenolic OH excluding ortho intramolecular Hbond substituents is 1. The third kappa shape index (κ3) is 3.22. The number of aromatic hydroxyl groups is 1. The topological polar surface area (TPSA) is 93.1 Å². The predicted octanol–water partition coefficient (Wildman–Crippen LogP) is 2.98. The van der Waals surface area contributed by atoms with Crippen LogP contribution in [0.5, 0.6) is 11.5 Å². The minimum atomic E-state index is -0.848. The molecule has 1 atom stereocenters. The van der Waals surface area contributed by atoms with Gasteiger partial charge in [-0.05, 0) is 32.3 Å². The van der Waals surface area contributed by atoms with E-state index in [1.54, 1.807) is 6.92 Å². The predicted molar refractivity (Wildman–Crippen MR) is 87.4 cm³/mol. The van der Waals surface area contributed by atoms with Gasteiger partial charge in [0, 0.05) is 11.1 Å². The lowest BCUT2D eigenvalue weighted by atomic mass is 9.94. The van der Waals surface area contributed by atoms with Crippen molar-refractivity contribution in [2.45, 2.75) is 40.2 Å². The maximum Gasteiger partial charge on any atom is 0.342 e. The van der Waals surface area contributed by atoms with Crippen molar-refractivity contribution in [1.29, 1.82) is 0 Å². The van der Waals surface area contributed by atoms with E-state index in [2.05, 4.69) is 0 Å². The highest BCUT2D eigenvalue weighted by Crippen LogP contribution is 2.42. The number of ether oxygens (including phenoxy) is 2. The molecule has 0 saturated heterocycles. The quantitative estimate of drug-likeness (QED) is 0.614. The lowest BCUT2D eigenvalue weighted by Crippen LogP contribution is -2.09. The number of rotatable bonds is 6. The molecular formula is C18H22O6. The Morgan fingerprint density at radius 1 is 1.46 bits per heavy atom. The van der Waals surface area contributed by atoms with E-state index in [1.807, 2.05) is 19.9 Å². The number of benzene rings is 1. The molecule has 2 N–H and O–H groups in total. The van der Waals surface area contributed by atoms with Gasteiger partial charge in [-0.15, -0.1) is 0 Å². The molecule has 1 aliphatic rings. The van der Waals surface area contributed by atoms with E-state index < -0.39 is 17.9 Å². The Morgan fingerprint density at radius 2 is 2.12 bits per heavy atom. The van der Waals surface area contributed by atoms with Crippen LogP contribution in [-0.2, 0) is 22.6 Å². The highest BCUT2D eigenvalue weighted by molar-refractivity contribution is 5.98. The highest BCUT2D eigenvalue weighted by Gasteiger charge is 2.31. The van der Waals surface area contributed by atoms with E-state index in [-0.39, 0.29) is 17.9 Å². The zero-order valence-electron chi connectivity index (χ0n) is 14.3. The van der Waals surface area contributed by atoms with Crippen LogP contribution < -0.4 is 4.74 Å². The van der Waals surface area contributed by atoms with Crippen molar-refractivity contribution < 1.29 is 29.3 Å². The van der Waals surface area contributed by atoms with Gasteiger partial charge >= 0.3 is 11.9 Å². The van der Waals surface area contributed by atoms with Gasteiger partial charge in [-0.1, -0.05) is 18.6 Å². The van der Waals surface area contributed by atoms with Crippen molar-refractivity contribution in [3.05, 3.63) is 33.9 Å². The SMILES string of the molecule is COc1c(C)c2c(c(O)c1C/C=C(\C)C[C@H](C)C(=O)O)C(=O)OC2. The molecule has 0 aliphatic carbocycles. The molecule has 130 valence electrons. The van der Waals surface area contributed by atoms with Gasteiger partial charge < -0.3 is 19.7 Å². The summed E-state index contributed by atoms with van der Waals surface area (Å²) in [6.45, 7) is 5.45. The number of carboxylic acids is 1. The summed E-state index contributed by atoms with van der Waals surface area (Å²) in [5, 5.41) is 19.5. The Hall–Kier alpha value is -2.50. The standard InChI is InChI=1S/C18H22O6/c1-9(7-10(2)17(20)21)5-6-12-15(19)14-13(8-24-18(14)22)11(3)16(12)23-4/h5,10,19H,6-8H2,1-4H3,(H,20,21)/b9-5+/t10-/m0/s1. The third-order valence-corrected chi connectivity index (χ3v) is 4.35. The Balaban J connectivity index is 2.37. The van der Waals surface area contributed by atoms with Crippen LogP contribution >= 0.6 is 0 Å². The van der Waals surface area contributed by atoms with Crippen molar-refractivity contribution in [1.82, 2.24) is 0 Å². The van der Waals surface area contributed by atoms with Crippen LogP contribution in [0.3, 0.4) is 0 Å². The average molecular weight is 334 g/mol. The number of allylic oxidation sites excluding steroid dienone is 2. The van der Waals surface area contributed by atoms with Crippen LogP contribution in [0, 0.1) is 12.8 Å². The fourth-order valence-electron chi connectivity index (χ4n) is 2.96. The minimum Gasteiger partial charge on any atom is -0.507 e. The molecule has 0 unspecified atom stereocenters. The molecule has 0 radical (unpaired) electrons. The number of hydrogen-bond donors (Lipinski definition) is 2. The van der Waals surface area contributed by atoms with Crippen LogP contribution in [0.2, 0.25) is 0 Å². The van der Waals surface area contributed by atoms with Crippen molar-refractivity contribution in [2.24, 2.45) is 5.92 Å². The van der Waals surface area contributed by atoms with Gasteiger partial charge in [0.15, 0.2) is 0 Å². The molecule has 6 heteroatoms. The monoisotopic (exact) mass is 334 g/mol. The molecule has 1 heterocycles. The normalized spacial score (nSPS) is 15.0. The molecule has 6 nitrogen and oxygen atoms in total. The largest absolute Gasteiger partial charge is 0.507 e. The first-order valence-corrected chi connectivity index (χ1v) is 7.74. The molecule has 0 bridgehead atoms. The average Bonchev–Trinajstić information content (AvgIpc) is 2.91. The van der Waals surface area contributed by atoms with Gasteiger partial charge in [0.2, 0.25) is 0 Å². The number of cyclic esters (lactones) is 1. The lowest BCUT2D eigenvalue weighted by molar-refractivity contribution is -0.141. The fourth-order valence-corrected chi connectivity index (χ4v) is 2.96. The number of hydrogen-bond acceptors (Lipinski definition) is 5. The number of esters is 1. The van der Waals surface area contributed by atoms with Crippen LogP contribution in [0.25, 0.3) is 0 Å². The van der Waals surface area contributed by atoms with Crippen molar-refractivity contribution in [3.8, 4) is 11.5 Å². The Bertz CT molecular complexity index is 717. The Kier molecular flexibility index (Phi) is 5.17. The summed E-state index contributed by atoms with van der Waals surface area (Å²) in [4.78, 5) is 22.8. The molecule has 1 aromatic rings. The first-order valence-electron chi connectivity index (χ1n) is 7.74. The van der Waals surface area contributed by atoms with Gasteiger partial charge in [0.1, 0.15) is 23.7 Å². The summed E-state index contributed by atoms with van der Waals surface area (Å²) < 4.78 is 10.4. The number of fused-ring (bicyclic) bond motifs is 1. The summed E-state index contributed by atoms with van der Waals surface area (Å²) in [5.74, 6) is -1.45. The van der Waals surface area contributed by atoms with Crippen LogP contribution in [0.4, 0.5) is 0 Å². The van der Waals surface area contributed by atoms with Gasteiger partial charge in [-0.25, -0.2) is 4.79 Å². The molecule has 0 aromatic heterocycles. The number of carbonyl (C=O) groups excluding carboxylic acids is 1. The number of aliphatic carboxylic acids is 1. The summed E-state index contributed by atoms with van der Waals surface area (Å²) in [5.41, 5.74) is 3.03.